The van der Waals surface area contributed by atoms with Gasteiger partial charge in [0.15, 0.2) is 0 Å². The molecule has 1 fully saturated rings. The van der Waals surface area contributed by atoms with Gasteiger partial charge in [0, 0.05) is 22.6 Å². The van der Waals surface area contributed by atoms with Crippen molar-refractivity contribution in [3.8, 4) is 5.75 Å². The summed E-state index contributed by atoms with van der Waals surface area (Å²) in [6.45, 7) is 3.99. The van der Waals surface area contributed by atoms with Gasteiger partial charge in [-0.25, -0.2) is 0 Å². The first-order valence-electron chi connectivity index (χ1n) is 6.87. The summed E-state index contributed by atoms with van der Waals surface area (Å²) in [6.07, 6.45) is 2.09. The summed E-state index contributed by atoms with van der Waals surface area (Å²) in [4.78, 5) is 2.39. The molecule has 0 amide bonds. The van der Waals surface area contributed by atoms with Crippen LogP contribution in [0.1, 0.15) is 30.5 Å². The Hall–Kier alpha value is -0.580. The molecule has 1 aliphatic rings. The molecule has 0 bridgehead atoms. The van der Waals surface area contributed by atoms with Gasteiger partial charge in [-0.05, 0) is 50.0 Å². The Morgan fingerprint density at radius 1 is 1.47 bits per heavy atom. The molecule has 0 spiro atoms. The third-order valence-electron chi connectivity index (χ3n) is 4.07. The summed E-state index contributed by atoms with van der Waals surface area (Å²) in [5, 5.41) is 0. The maximum atomic E-state index is 5.83. The van der Waals surface area contributed by atoms with Gasteiger partial charge in [0.1, 0.15) is 5.75 Å². The first-order valence-corrected chi connectivity index (χ1v) is 7.66. The molecule has 19 heavy (non-hydrogen) atoms. The van der Waals surface area contributed by atoms with Crippen molar-refractivity contribution < 1.29 is 4.74 Å². The zero-order chi connectivity index (χ0) is 14.0. The van der Waals surface area contributed by atoms with Crippen molar-refractivity contribution in [2.75, 3.05) is 27.2 Å². The Kier molecular flexibility index (Phi) is 4.87. The number of ether oxygens (including phenoxy) is 1. The van der Waals surface area contributed by atoms with E-state index in [0.29, 0.717) is 12.0 Å². The highest BCUT2D eigenvalue weighted by Crippen LogP contribution is 2.41. The minimum atomic E-state index is 0.409. The number of benzene rings is 1. The van der Waals surface area contributed by atoms with Crippen LogP contribution in [0, 0.1) is 5.92 Å². The highest BCUT2D eigenvalue weighted by molar-refractivity contribution is 9.10. The van der Waals surface area contributed by atoms with Crippen molar-refractivity contribution in [1.29, 1.82) is 0 Å². The van der Waals surface area contributed by atoms with E-state index < -0.39 is 0 Å². The van der Waals surface area contributed by atoms with E-state index in [4.69, 9.17) is 10.5 Å². The number of likely N-dealkylation sites (tertiary alicyclic amines) is 1. The first kappa shape index (κ1) is 14.8. The van der Waals surface area contributed by atoms with E-state index >= 15 is 0 Å². The number of rotatable bonds is 4. The number of nitrogens with two attached hydrogens (primary N) is 1. The van der Waals surface area contributed by atoms with Crippen molar-refractivity contribution in [2.24, 2.45) is 11.7 Å². The lowest BCUT2D eigenvalue weighted by Gasteiger charge is -2.23. The van der Waals surface area contributed by atoms with Gasteiger partial charge in [-0.2, -0.15) is 0 Å². The molecule has 106 valence electrons. The molecule has 1 heterocycles. The van der Waals surface area contributed by atoms with Gasteiger partial charge in [-0.3, -0.25) is 4.90 Å². The molecule has 1 aliphatic heterocycles. The molecule has 2 unspecified atom stereocenters. The Morgan fingerprint density at radius 2 is 2.21 bits per heavy atom. The molecule has 0 saturated carbocycles. The fourth-order valence-electron chi connectivity index (χ4n) is 3.07. The smallest absolute Gasteiger partial charge is 0.126 e. The summed E-state index contributed by atoms with van der Waals surface area (Å²) < 4.78 is 6.80. The van der Waals surface area contributed by atoms with Crippen LogP contribution in [0.2, 0.25) is 0 Å². The van der Waals surface area contributed by atoms with E-state index in [9.17, 15) is 0 Å². The van der Waals surface area contributed by atoms with Crippen LogP contribution in [0.5, 0.6) is 5.75 Å². The average Bonchev–Trinajstić information content (AvgIpc) is 2.78. The Morgan fingerprint density at radius 3 is 2.74 bits per heavy atom. The van der Waals surface area contributed by atoms with Gasteiger partial charge in [-0.15, -0.1) is 0 Å². The van der Waals surface area contributed by atoms with Crippen LogP contribution in [0.25, 0.3) is 0 Å². The lowest BCUT2D eigenvalue weighted by molar-refractivity contribution is 0.302. The summed E-state index contributed by atoms with van der Waals surface area (Å²) in [7, 11) is 3.94. The van der Waals surface area contributed by atoms with Gasteiger partial charge in [0.05, 0.1) is 7.11 Å². The summed E-state index contributed by atoms with van der Waals surface area (Å²) in [5.41, 5.74) is 8.37. The van der Waals surface area contributed by atoms with Crippen LogP contribution in [-0.4, -0.2) is 32.1 Å². The van der Waals surface area contributed by atoms with Gasteiger partial charge in [0.25, 0.3) is 0 Å². The van der Waals surface area contributed by atoms with Crippen molar-refractivity contribution in [2.45, 2.75) is 25.8 Å². The largest absolute Gasteiger partial charge is 0.496 e. The molecule has 1 aromatic carbocycles. The van der Waals surface area contributed by atoms with Gasteiger partial charge >= 0.3 is 0 Å². The highest BCUT2D eigenvalue weighted by Gasteiger charge is 2.32. The number of hydrogen-bond acceptors (Lipinski definition) is 3. The minimum Gasteiger partial charge on any atom is -0.496 e. The molecular formula is C15H23BrN2O. The summed E-state index contributed by atoms with van der Waals surface area (Å²) in [5.74, 6) is 1.63. The van der Waals surface area contributed by atoms with Crippen molar-refractivity contribution in [1.82, 2.24) is 4.90 Å². The molecule has 1 aromatic rings. The molecule has 2 N–H and O–H groups in total. The number of aryl methyl sites for hydroxylation is 1. The topological polar surface area (TPSA) is 38.5 Å². The van der Waals surface area contributed by atoms with E-state index in [1.807, 2.05) is 0 Å². The predicted molar refractivity (Wildman–Crippen MR) is 82.6 cm³/mol. The van der Waals surface area contributed by atoms with Crippen LogP contribution in [-0.2, 0) is 6.42 Å². The second kappa shape index (κ2) is 6.25. The predicted octanol–water partition coefficient (Wildman–Crippen LogP) is 2.97. The molecule has 1 saturated heterocycles. The molecule has 2 rings (SSSR count). The third kappa shape index (κ3) is 2.96. The minimum absolute atomic E-state index is 0.409. The third-order valence-corrected chi connectivity index (χ3v) is 4.53. The average molecular weight is 327 g/mol. The number of hydrogen-bond donors (Lipinski definition) is 1. The van der Waals surface area contributed by atoms with Gasteiger partial charge < -0.3 is 10.5 Å². The van der Waals surface area contributed by atoms with Crippen LogP contribution in [0.3, 0.4) is 0 Å². The van der Waals surface area contributed by atoms with E-state index in [-0.39, 0.29) is 0 Å². The van der Waals surface area contributed by atoms with Gasteiger partial charge in [-0.1, -0.05) is 22.9 Å². The fraction of sp³-hybridized carbons (Fsp3) is 0.600. The monoisotopic (exact) mass is 326 g/mol. The van der Waals surface area contributed by atoms with Crippen molar-refractivity contribution in [3.63, 3.8) is 0 Å². The lowest BCUT2D eigenvalue weighted by atomic mass is 9.96. The Bertz CT molecular complexity index is 450. The second-order valence-electron chi connectivity index (χ2n) is 5.33. The summed E-state index contributed by atoms with van der Waals surface area (Å²) in [6, 6.07) is 4.75. The fourth-order valence-corrected chi connectivity index (χ4v) is 3.60. The van der Waals surface area contributed by atoms with E-state index in [2.05, 4.69) is 46.9 Å². The number of nitrogens with zero attached hydrogens (tertiary/aromatic N) is 1. The van der Waals surface area contributed by atoms with E-state index in [1.54, 1.807) is 7.11 Å². The van der Waals surface area contributed by atoms with Crippen LogP contribution >= 0.6 is 15.9 Å². The number of halogens is 1. The lowest BCUT2D eigenvalue weighted by Crippen LogP contribution is -2.21. The van der Waals surface area contributed by atoms with Crippen molar-refractivity contribution >= 4 is 15.9 Å². The quantitative estimate of drug-likeness (QED) is 0.924. The van der Waals surface area contributed by atoms with Gasteiger partial charge in [0.2, 0.25) is 0 Å². The maximum Gasteiger partial charge on any atom is 0.126 e. The zero-order valence-electron chi connectivity index (χ0n) is 11.9. The van der Waals surface area contributed by atoms with E-state index in [1.165, 1.54) is 11.1 Å². The molecule has 3 nitrogen and oxygen atoms in total. The standard InChI is InChI=1S/C15H23BrN2O/c1-4-11-6-12(16)7-13(15(11)19-3)14-5-10(8-17)9-18(14)2/h6-7,10,14H,4-5,8-9,17H2,1-3H3. The van der Waals surface area contributed by atoms with Crippen LogP contribution in [0.15, 0.2) is 16.6 Å². The number of methoxy groups -OCH3 is 1. The molecule has 0 aromatic heterocycles. The second-order valence-corrected chi connectivity index (χ2v) is 6.25. The normalized spacial score (nSPS) is 23.8. The van der Waals surface area contributed by atoms with Crippen LogP contribution in [0.4, 0.5) is 0 Å². The maximum absolute atomic E-state index is 5.83. The molecule has 2 atom stereocenters. The summed E-state index contributed by atoms with van der Waals surface area (Å²) >= 11 is 3.62. The molecule has 4 heteroatoms. The Labute approximate surface area is 124 Å². The highest BCUT2D eigenvalue weighted by atomic mass is 79.9. The molecular weight excluding hydrogens is 304 g/mol. The van der Waals surface area contributed by atoms with Crippen LogP contribution < -0.4 is 10.5 Å². The SMILES string of the molecule is CCc1cc(Br)cc(C2CC(CN)CN2C)c1OC. The Balaban J connectivity index is 2.41. The molecule has 0 aliphatic carbocycles. The first-order chi connectivity index (χ1) is 9.10. The van der Waals surface area contributed by atoms with Crippen molar-refractivity contribution in [3.05, 3.63) is 27.7 Å². The van der Waals surface area contributed by atoms with E-state index in [0.717, 1.165) is 36.2 Å². The molecule has 0 radical (unpaired) electrons. The zero-order valence-corrected chi connectivity index (χ0v) is 13.5.